The molecule has 4 nitrogen and oxygen atoms in total. The molecular formula is C20H19NO3S2. The molecule has 1 saturated heterocycles. The number of aryl methyl sites for hydroxylation is 2. The van der Waals surface area contributed by atoms with Gasteiger partial charge < -0.3 is 14.8 Å². The minimum atomic E-state index is -0.149. The molecule has 0 aromatic heterocycles. The smallest absolute Gasteiger partial charge is 0.263 e. The molecule has 3 rings (SSSR count). The highest BCUT2D eigenvalue weighted by Crippen LogP contribution is 2.26. The van der Waals surface area contributed by atoms with E-state index in [-0.39, 0.29) is 5.91 Å². The molecule has 1 heterocycles. The van der Waals surface area contributed by atoms with Gasteiger partial charge in [0.2, 0.25) is 0 Å². The van der Waals surface area contributed by atoms with Crippen LogP contribution in [-0.4, -0.2) is 23.4 Å². The van der Waals surface area contributed by atoms with Gasteiger partial charge in [0, 0.05) is 0 Å². The molecule has 1 aliphatic heterocycles. The van der Waals surface area contributed by atoms with Gasteiger partial charge in [-0.05, 0) is 54.8 Å². The van der Waals surface area contributed by atoms with Gasteiger partial charge in [0.1, 0.15) is 29.0 Å². The normalized spacial score (nSPS) is 15.2. The lowest BCUT2D eigenvalue weighted by Gasteiger charge is -2.11. The van der Waals surface area contributed by atoms with Crippen LogP contribution in [0.4, 0.5) is 0 Å². The maximum Gasteiger partial charge on any atom is 0.263 e. The quantitative estimate of drug-likeness (QED) is 0.458. The third-order valence-electron chi connectivity index (χ3n) is 3.77. The maximum atomic E-state index is 11.7. The van der Waals surface area contributed by atoms with Crippen LogP contribution in [0.1, 0.15) is 16.7 Å². The number of carbonyl (C=O) groups excluding carboxylic acids is 1. The molecule has 0 saturated carbocycles. The summed E-state index contributed by atoms with van der Waals surface area (Å²) in [7, 11) is 0. The second-order valence-corrected chi connectivity index (χ2v) is 7.61. The zero-order valence-electron chi connectivity index (χ0n) is 14.6. The van der Waals surface area contributed by atoms with Gasteiger partial charge in [-0.3, -0.25) is 4.79 Å². The van der Waals surface area contributed by atoms with Gasteiger partial charge in [-0.1, -0.05) is 48.2 Å². The van der Waals surface area contributed by atoms with Gasteiger partial charge in [-0.25, -0.2) is 0 Å². The first-order valence-electron chi connectivity index (χ1n) is 8.19. The molecule has 2 aromatic rings. The Hall–Kier alpha value is -2.31. The fraction of sp³-hybridized carbons (Fsp3) is 0.200. The molecule has 1 fully saturated rings. The second kappa shape index (κ2) is 8.38. The van der Waals surface area contributed by atoms with Gasteiger partial charge in [0.15, 0.2) is 0 Å². The van der Waals surface area contributed by atoms with Crippen molar-refractivity contribution in [2.45, 2.75) is 13.8 Å². The third kappa shape index (κ3) is 4.86. The summed E-state index contributed by atoms with van der Waals surface area (Å²) in [4.78, 5) is 12.3. The summed E-state index contributed by atoms with van der Waals surface area (Å²) in [6.07, 6.45) is 1.81. The Morgan fingerprint density at radius 2 is 1.81 bits per heavy atom. The Labute approximate surface area is 162 Å². The van der Waals surface area contributed by atoms with Crippen molar-refractivity contribution in [3.05, 3.63) is 64.1 Å². The standard InChI is InChI=1S/C20H19NO3S2/c1-13-3-4-14(2)17(11-13)24-10-9-23-16-7-5-15(6-8-16)12-18-19(22)21-20(25)26-18/h3-8,11-12H,9-10H2,1-2H3,(H,21,22,25)/b18-12+. The fourth-order valence-electron chi connectivity index (χ4n) is 2.41. The summed E-state index contributed by atoms with van der Waals surface area (Å²) in [5.74, 6) is 1.50. The van der Waals surface area contributed by atoms with Crippen molar-refractivity contribution in [3.8, 4) is 11.5 Å². The van der Waals surface area contributed by atoms with Crippen molar-refractivity contribution in [2.24, 2.45) is 0 Å². The third-order valence-corrected chi connectivity index (χ3v) is 4.94. The van der Waals surface area contributed by atoms with Crippen molar-refractivity contribution in [2.75, 3.05) is 13.2 Å². The number of hydrogen-bond donors (Lipinski definition) is 1. The van der Waals surface area contributed by atoms with Crippen LogP contribution in [0.2, 0.25) is 0 Å². The first-order chi connectivity index (χ1) is 12.5. The van der Waals surface area contributed by atoms with E-state index in [1.54, 1.807) is 0 Å². The Bertz CT molecular complexity index is 860. The molecule has 1 N–H and O–H groups in total. The minimum absolute atomic E-state index is 0.149. The lowest BCUT2D eigenvalue weighted by molar-refractivity contribution is -0.115. The highest BCUT2D eigenvalue weighted by molar-refractivity contribution is 8.26. The predicted octanol–water partition coefficient (Wildman–Crippen LogP) is 4.25. The van der Waals surface area contributed by atoms with Crippen LogP contribution in [-0.2, 0) is 4.79 Å². The Kier molecular flexibility index (Phi) is 5.96. The zero-order chi connectivity index (χ0) is 18.5. The minimum Gasteiger partial charge on any atom is -0.490 e. The van der Waals surface area contributed by atoms with Crippen molar-refractivity contribution >= 4 is 40.3 Å². The van der Waals surface area contributed by atoms with Crippen LogP contribution in [0.5, 0.6) is 11.5 Å². The van der Waals surface area contributed by atoms with E-state index in [1.165, 1.54) is 17.3 Å². The lowest BCUT2D eigenvalue weighted by atomic mass is 10.1. The number of benzene rings is 2. The van der Waals surface area contributed by atoms with Crippen molar-refractivity contribution < 1.29 is 14.3 Å². The molecule has 134 valence electrons. The Balaban J connectivity index is 1.50. The average Bonchev–Trinajstić information content (AvgIpc) is 2.93. The van der Waals surface area contributed by atoms with Crippen molar-refractivity contribution in [1.29, 1.82) is 0 Å². The van der Waals surface area contributed by atoms with E-state index >= 15 is 0 Å². The number of thioether (sulfide) groups is 1. The van der Waals surface area contributed by atoms with Gasteiger partial charge in [0.25, 0.3) is 5.91 Å². The summed E-state index contributed by atoms with van der Waals surface area (Å²) in [6, 6.07) is 13.7. The summed E-state index contributed by atoms with van der Waals surface area (Å²) >= 11 is 6.25. The molecule has 1 amide bonds. The SMILES string of the molecule is Cc1ccc(C)c(OCCOc2ccc(/C=C3/SC(=S)NC3=O)cc2)c1. The first kappa shape index (κ1) is 18.5. The molecule has 26 heavy (non-hydrogen) atoms. The van der Waals surface area contributed by atoms with E-state index in [1.807, 2.05) is 56.3 Å². The van der Waals surface area contributed by atoms with E-state index in [9.17, 15) is 4.79 Å². The average molecular weight is 386 g/mol. The maximum absolute atomic E-state index is 11.7. The molecule has 0 spiro atoms. The molecule has 2 aromatic carbocycles. The Morgan fingerprint density at radius 1 is 1.08 bits per heavy atom. The van der Waals surface area contributed by atoms with E-state index in [0.717, 1.165) is 22.6 Å². The predicted molar refractivity (Wildman–Crippen MR) is 110 cm³/mol. The molecule has 0 aliphatic carbocycles. The number of ether oxygens (including phenoxy) is 2. The molecular weight excluding hydrogens is 366 g/mol. The van der Waals surface area contributed by atoms with Crippen LogP contribution in [0.15, 0.2) is 47.4 Å². The van der Waals surface area contributed by atoms with E-state index in [4.69, 9.17) is 21.7 Å². The number of amides is 1. The van der Waals surface area contributed by atoms with E-state index < -0.39 is 0 Å². The number of thiocarbonyl (C=S) groups is 1. The van der Waals surface area contributed by atoms with Crippen LogP contribution < -0.4 is 14.8 Å². The molecule has 0 radical (unpaired) electrons. The highest BCUT2D eigenvalue weighted by atomic mass is 32.2. The van der Waals surface area contributed by atoms with Gasteiger partial charge in [-0.15, -0.1) is 0 Å². The molecule has 1 aliphatic rings. The monoisotopic (exact) mass is 385 g/mol. The van der Waals surface area contributed by atoms with E-state index in [0.29, 0.717) is 22.4 Å². The van der Waals surface area contributed by atoms with Crippen LogP contribution in [0, 0.1) is 13.8 Å². The summed E-state index contributed by atoms with van der Waals surface area (Å²) in [5.41, 5.74) is 3.21. The molecule has 0 atom stereocenters. The number of nitrogens with one attached hydrogen (secondary N) is 1. The molecule has 0 unspecified atom stereocenters. The number of hydrogen-bond acceptors (Lipinski definition) is 5. The zero-order valence-corrected chi connectivity index (χ0v) is 16.2. The lowest BCUT2D eigenvalue weighted by Crippen LogP contribution is -2.17. The fourth-order valence-corrected chi connectivity index (χ4v) is 3.45. The van der Waals surface area contributed by atoms with Crippen molar-refractivity contribution in [1.82, 2.24) is 5.32 Å². The van der Waals surface area contributed by atoms with Crippen LogP contribution >= 0.6 is 24.0 Å². The number of carbonyl (C=O) groups is 1. The van der Waals surface area contributed by atoms with Gasteiger partial charge in [-0.2, -0.15) is 0 Å². The van der Waals surface area contributed by atoms with Gasteiger partial charge in [0.05, 0.1) is 4.91 Å². The van der Waals surface area contributed by atoms with Gasteiger partial charge >= 0.3 is 0 Å². The van der Waals surface area contributed by atoms with Crippen LogP contribution in [0.3, 0.4) is 0 Å². The Morgan fingerprint density at radius 3 is 2.50 bits per heavy atom. The topological polar surface area (TPSA) is 47.6 Å². The van der Waals surface area contributed by atoms with E-state index in [2.05, 4.69) is 11.4 Å². The summed E-state index contributed by atoms with van der Waals surface area (Å²) < 4.78 is 12.0. The largest absolute Gasteiger partial charge is 0.490 e. The summed E-state index contributed by atoms with van der Waals surface area (Å²) in [6.45, 7) is 5.00. The van der Waals surface area contributed by atoms with Crippen LogP contribution in [0.25, 0.3) is 6.08 Å². The molecule has 6 heteroatoms. The highest BCUT2D eigenvalue weighted by Gasteiger charge is 2.21. The molecule has 0 bridgehead atoms. The summed E-state index contributed by atoms with van der Waals surface area (Å²) in [5, 5.41) is 2.60. The number of rotatable bonds is 6. The van der Waals surface area contributed by atoms with Crippen molar-refractivity contribution in [3.63, 3.8) is 0 Å². The second-order valence-electron chi connectivity index (χ2n) is 5.89. The first-order valence-corrected chi connectivity index (χ1v) is 9.41.